The molecule has 0 bridgehead atoms. The van der Waals surface area contributed by atoms with Crippen molar-refractivity contribution in [3.05, 3.63) is 82.8 Å². The molecule has 0 N–H and O–H groups in total. The summed E-state index contributed by atoms with van der Waals surface area (Å²) in [5.41, 5.74) is -0.295. The van der Waals surface area contributed by atoms with E-state index in [4.69, 9.17) is 4.74 Å². The van der Waals surface area contributed by atoms with Crippen LogP contribution in [0.5, 0.6) is 0 Å². The maximum atomic E-state index is 12.9. The Kier molecular flexibility index (Phi) is 3.82. The lowest BCUT2D eigenvalue weighted by Gasteiger charge is -2.42. The zero-order valence-corrected chi connectivity index (χ0v) is 14.0. The molecular weight excluding hydrogens is 359 g/mol. The van der Waals surface area contributed by atoms with E-state index in [1.54, 1.807) is 60.7 Å². The topological polar surface area (TPSA) is 9.23 Å². The van der Waals surface area contributed by atoms with Crippen LogP contribution in [0.3, 0.4) is 0 Å². The molecule has 25 heavy (non-hydrogen) atoms. The molecule has 7 heteroatoms. The van der Waals surface area contributed by atoms with Crippen molar-refractivity contribution in [1.82, 2.24) is 0 Å². The summed E-state index contributed by atoms with van der Waals surface area (Å²) in [6.45, 7) is -0.0660. The monoisotopic (exact) mass is 376 g/mol. The molecule has 0 radical (unpaired) electrons. The van der Waals surface area contributed by atoms with Crippen LogP contribution in [0, 0.1) is 0 Å². The molecule has 0 aliphatic carbocycles. The van der Waals surface area contributed by atoms with Crippen molar-refractivity contribution in [2.45, 2.75) is 18.4 Å². The van der Waals surface area contributed by atoms with Crippen LogP contribution < -0.4 is 0 Å². The highest BCUT2D eigenvalue weighted by Crippen LogP contribution is 2.99. The van der Waals surface area contributed by atoms with Crippen molar-refractivity contribution < 1.29 is 24.2 Å². The summed E-state index contributed by atoms with van der Waals surface area (Å²) < 4.78 is 70.6. The first kappa shape index (κ1) is 17.9. The molecular formula is C18H17F5OS. The summed E-state index contributed by atoms with van der Waals surface area (Å²) >= 11 is 0. The molecule has 0 unspecified atom stereocenters. The van der Waals surface area contributed by atoms with E-state index >= 15 is 0 Å². The predicted octanol–water partition coefficient (Wildman–Crippen LogP) is 6.92. The number of rotatable bonds is 3. The Hall–Kier alpha value is -1.86. The molecule has 136 valence electrons. The summed E-state index contributed by atoms with van der Waals surface area (Å²) in [7, 11) is -9.64. The first-order chi connectivity index (χ1) is 11.5. The lowest BCUT2D eigenvalue weighted by atomic mass is 9.79. The second-order valence-electron chi connectivity index (χ2n) is 6.14. The standard InChI is InChI=1S/C18H17F5OS/c19-25(20,21,22,23)14-15-11-12-24-18(13-15,16-7-3-1-4-8-16)17-9-5-2-6-10-17/h1-10,14H,11-13H2/b15-14+. The molecule has 0 saturated carbocycles. The Morgan fingerprint density at radius 1 is 0.800 bits per heavy atom. The summed E-state index contributed by atoms with van der Waals surface area (Å²) in [4.78, 5) is 0. The molecule has 0 aromatic heterocycles. The molecule has 1 nitrogen and oxygen atoms in total. The number of ether oxygens (including phenoxy) is 1. The van der Waals surface area contributed by atoms with Crippen LogP contribution in [-0.4, -0.2) is 6.61 Å². The minimum atomic E-state index is -9.64. The van der Waals surface area contributed by atoms with E-state index in [0.717, 1.165) is 0 Å². The number of halogens is 5. The Labute approximate surface area is 142 Å². The highest BCUT2D eigenvalue weighted by atomic mass is 32.5. The molecule has 1 aliphatic heterocycles. The average Bonchev–Trinajstić information content (AvgIpc) is 2.54. The van der Waals surface area contributed by atoms with Crippen molar-refractivity contribution in [2.24, 2.45) is 0 Å². The lowest BCUT2D eigenvalue weighted by molar-refractivity contribution is -0.0351. The van der Waals surface area contributed by atoms with E-state index in [1.165, 1.54) is 0 Å². The van der Waals surface area contributed by atoms with Crippen molar-refractivity contribution in [3.63, 3.8) is 0 Å². The van der Waals surface area contributed by atoms with Crippen LogP contribution in [0.1, 0.15) is 24.0 Å². The van der Waals surface area contributed by atoms with Gasteiger partial charge in [-0.1, -0.05) is 80.1 Å². The van der Waals surface area contributed by atoms with E-state index in [-0.39, 0.29) is 25.0 Å². The third-order valence-corrected chi connectivity index (χ3v) is 4.90. The number of benzene rings is 2. The Bertz CT molecular complexity index is 746. The van der Waals surface area contributed by atoms with Crippen LogP contribution in [0.15, 0.2) is 71.6 Å². The third-order valence-electron chi connectivity index (χ3n) is 4.12. The largest absolute Gasteiger partial charge is 0.365 e. The smallest absolute Gasteiger partial charge is 0.304 e. The molecule has 0 spiro atoms. The summed E-state index contributed by atoms with van der Waals surface area (Å²) in [6.07, 6.45) is -0.445. The normalized spacial score (nSPS) is 22.2. The fourth-order valence-corrected chi connectivity index (χ4v) is 4.01. The van der Waals surface area contributed by atoms with Gasteiger partial charge < -0.3 is 4.74 Å². The maximum absolute atomic E-state index is 12.9. The van der Waals surface area contributed by atoms with Crippen LogP contribution in [0.25, 0.3) is 0 Å². The quantitative estimate of drug-likeness (QED) is 0.528. The molecule has 0 amide bonds. The Morgan fingerprint density at radius 2 is 1.28 bits per heavy atom. The van der Waals surface area contributed by atoms with Gasteiger partial charge in [0.05, 0.1) is 12.0 Å². The third kappa shape index (κ3) is 4.41. The highest BCUT2D eigenvalue weighted by Gasteiger charge is 2.61. The predicted molar refractivity (Wildman–Crippen MR) is 90.1 cm³/mol. The molecule has 3 rings (SSSR count). The van der Waals surface area contributed by atoms with Gasteiger partial charge >= 0.3 is 10.2 Å². The number of hydrogen-bond acceptors (Lipinski definition) is 1. The first-order valence-electron chi connectivity index (χ1n) is 7.67. The zero-order valence-electron chi connectivity index (χ0n) is 13.2. The molecule has 1 aliphatic rings. The molecule has 1 saturated heterocycles. The van der Waals surface area contributed by atoms with Gasteiger partial charge in [-0.25, -0.2) is 0 Å². The average molecular weight is 376 g/mol. The zero-order chi connectivity index (χ0) is 18.2. The Balaban J connectivity index is 2.13. The SMILES string of the molecule is FS(F)(F)(F)(F)/C=C1\CCOC(c2ccccc2)(c2ccccc2)C1. The van der Waals surface area contributed by atoms with Crippen molar-refractivity contribution in [2.75, 3.05) is 6.61 Å². The van der Waals surface area contributed by atoms with E-state index in [1.807, 2.05) is 0 Å². The van der Waals surface area contributed by atoms with Crippen LogP contribution in [0.4, 0.5) is 19.4 Å². The number of hydrogen-bond donors (Lipinski definition) is 0. The van der Waals surface area contributed by atoms with E-state index in [2.05, 4.69) is 0 Å². The lowest BCUT2D eigenvalue weighted by Crippen LogP contribution is -2.36. The summed E-state index contributed by atoms with van der Waals surface area (Å²) in [5.74, 6) is 0. The van der Waals surface area contributed by atoms with E-state index in [0.29, 0.717) is 11.1 Å². The first-order valence-corrected chi connectivity index (χ1v) is 9.69. The van der Waals surface area contributed by atoms with Gasteiger partial charge in [-0.3, -0.25) is 0 Å². The Morgan fingerprint density at radius 3 is 1.72 bits per heavy atom. The van der Waals surface area contributed by atoms with Gasteiger partial charge in [-0.15, -0.1) is 0 Å². The fraction of sp³-hybridized carbons (Fsp3) is 0.222. The van der Waals surface area contributed by atoms with Crippen molar-refractivity contribution in [3.8, 4) is 0 Å². The van der Waals surface area contributed by atoms with Gasteiger partial charge in [0, 0.05) is 6.42 Å². The van der Waals surface area contributed by atoms with Crippen molar-refractivity contribution >= 4 is 10.2 Å². The summed E-state index contributed by atoms with van der Waals surface area (Å²) in [5, 5.41) is -0.747. The second-order valence-corrected chi connectivity index (χ2v) is 8.43. The molecule has 2 aromatic carbocycles. The molecule has 0 atom stereocenters. The van der Waals surface area contributed by atoms with Crippen LogP contribution in [0.2, 0.25) is 0 Å². The minimum Gasteiger partial charge on any atom is -0.365 e. The second kappa shape index (κ2) is 5.32. The van der Waals surface area contributed by atoms with Gasteiger partial charge in [0.2, 0.25) is 0 Å². The molecule has 2 aromatic rings. The van der Waals surface area contributed by atoms with Crippen molar-refractivity contribution in [1.29, 1.82) is 0 Å². The van der Waals surface area contributed by atoms with Crippen LogP contribution >= 0.6 is 10.2 Å². The summed E-state index contributed by atoms with van der Waals surface area (Å²) in [6, 6.07) is 17.4. The van der Waals surface area contributed by atoms with Gasteiger partial charge in [0.15, 0.2) is 0 Å². The van der Waals surface area contributed by atoms with E-state index in [9.17, 15) is 19.4 Å². The van der Waals surface area contributed by atoms with Gasteiger partial charge in [-0.2, -0.15) is 0 Å². The minimum absolute atomic E-state index is 0.0660. The molecule has 1 heterocycles. The highest BCUT2D eigenvalue weighted by molar-refractivity contribution is 8.48. The van der Waals surface area contributed by atoms with E-state index < -0.39 is 21.2 Å². The van der Waals surface area contributed by atoms with Gasteiger partial charge in [-0.05, 0) is 23.1 Å². The fourth-order valence-electron chi connectivity index (χ4n) is 3.18. The molecule has 1 fully saturated rings. The van der Waals surface area contributed by atoms with Gasteiger partial charge in [0.1, 0.15) is 5.60 Å². The van der Waals surface area contributed by atoms with Gasteiger partial charge in [0.25, 0.3) is 0 Å². The maximum Gasteiger partial charge on any atom is 0.304 e. The van der Waals surface area contributed by atoms with Crippen LogP contribution in [-0.2, 0) is 10.3 Å².